The second-order valence-corrected chi connectivity index (χ2v) is 7.07. The summed E-state index contributed by atoms with van der Waals surface area (Å²) < 4.78 is 0. The number of hydrogen-bond donors (Lipinski definition) is 1. The molecule has 0 aliphatic heterocycles. The molecule has 134 valence electrons. The molecule has 2 rings (SSSR count). The van der Waals surface area contributed by atoms with Crippen LogP contribution in [0.3, 0.4) is 0 Å². The quantitative estimate of drug-likeness (QED) is 0.859. The molecule has 1 N–H and O–H groups in total. The zero-order chi connectivity index (χ0) is 17.2. The number of nitrogens with zero attached hydrogens (tertiary/aromatic N) is 2. The molecule has 0 spiro atoms. The van der Waals surface area contributed by atoms with Gasteiger partial charge in [0.05, 0.1) is 0 Å². The van der Waals surface area contributed by atoms with Crippen LogP contribution in [0.4, 0.5) is 4.79 Å². The number of amides is 2. The van der Waals surface area contributed by atoms with Crippen molar-refractivity contribution in [2.45, 2.75) is 57.5 Å². The molecule has 1 aromatic carbocycles. The monoisotopic (exact) mass is 331 g/mol. The van der Waals surface area contributed by atoms with Gasteiger partial charge in [0, 0.05) is 32.7 Å². The third-order valence-corrected chi connectivity index (χ3v) is 5.01. The van der Waals surface area contributed by atoms with Crippen molar-refractivity contribution in [1.82, 2.24) is 15.1 Å². The zero-order valence-corrected chi connectivity index (χ0v) is 15.3. The van der Waals surface area contributed by atoms with Crippen molar-refractivity contribution >= 4 is 6.03 Å². The first-order valence-corrected chi connectivity index (χ1v) is 9.40. The minimum atomic E-state index is 0.0775. The molecule has 24 heavy (non-hydrogen) atoms. The van der Waals surface area contributed by atoms with Crippen molar-refractivity contribution in [2.24, 2.45) is 0 Å². The maximum Gasteiger partial charge on any atom is 0.317 e. The van der Waals surface area contributed by atoms with E-state index in [1.807, 2.05) is 18.0 Å². The summed E-state index contributed by atoms with van der Waals surface area (Å²) in [5.41, 5.74) is 1.30. The first-order chi connectivity index (χ1) is 11.7. The number of hydrogen-bond acceptors (Lipinski definition) is 2. The number of urea groups is 1. The Kier molecular flexibility index (Phi) is 8.10. The number of carbonyl (C=O) groups is 1. The predicted octanol–water partition coefficient (Wildman–Crippen LogP) is 3.87. The van der Waals surface area contributed by atoms with Gasteiger partial charge >= 0.3 is 6.03 Å². The van der Waals surface area contributed by atoms with Crippen LogP contribution < -0.4 is 5.32 Å². The van der Waals surface area contributed by atoms with Gasteiger partial charge in [-0.3, -0.25) is 0 Å². The average molecular weight is 332 g/mol. The normalized spacial score (nSPS) is 16.5. The number of nitrogens with one attached hydrogen (secondary N) is 1. The van der Waals surface area contributed by atoms with E-state index in [9.17, 15) is 4.79 Å². The van der Waals surface area contributed by atoms with Gasteiger partial charge in [-0.2, -0.15) is 0 Å². The zero-order valence-electron chi connectivity index (χ0n) is 15.3. The molecule has 2 amide bonds. The van der Waals surface area contributed by atoms with Crippen LogP contribution in [0.1, 0.15) is 50.5 Å². The lowest BCUT2D eigenvalue weighted by molar-refractivity contribution is 0.177. The summed E-state index contributed by atoms with van der Waals surface area (Å²) in [7, 11) is 4.05. The smallest absolute Gasteiger partial charge is 0.317 e. The molecule has 1 aliphatic carbocycles. The van der Waals surface area contributed by atoms with Crippen LogP contribution in [0.2, 0.25) is 0 Å². The summed E-state index contributed by atoms with van der Waals surface area (Å²) in [6.07, 6.45) is 8.79. The van der Waals surface area contributed by atoms with Gasteiger partial charge in [0.2, 0.25) is 0 Å². The Balaban J connectivity index is 1.67. The molecule has 1 saturated carbocycles. The lowest BCUT2D eigenvalue weighted by Gasteiger charge is -2.30. The average Bonchev–Trinajstić information content (AvgIpc) is 2.55. The molecule has 4 nitrogen and oxygen atoms in total. The number of likely N-dealkylation sites (N-methyl/N-ethyl adjacent to an activating group) is 1. The summed E-state index contributed by atoms with van der Waals surface area (Å²) in [5, 5.41) is 3.08. The van der Waals surface area contributed by atoms with E-state index in [0.717, 1.165) is 25.9 Å². The second kappa shape index (κ2) is 10.3. The molecule has 0 radical (unpaired) electrons. The van der Waals surface area contributed by atoms with E-state index >= 15 is 0 Å². The van der Waals surface area contributed by atoms with Gasteiger partial charge in [-0.1, -0.05) is 62.4 Å². The summed E-state index contributed by atoms with van der Waals surface area (Å²) >= 11 is 0. The van der Waals surface area contributed by atoms with Crippen molar-refractivity contribution in [1.29, 1.82) is 0 Å². The van der Waals surface area contributed by atoms with E-state index in [2.05, 4.69) is 41.5 Å². The van der Waals surface area contributed by atoms with Crippen molar-refractivity contribution in [3.8, 4) is 0 Å². The van der Waals surface area contributed by atoms with Crippen molar-refractivity contribution < 1.29 is 4.79 Å². The SMILES string of the molecule is CN(CCNC(=O)N(C)C1CCCCCCC1)Cc1ccccc1. The Bertz CT molecular complexity index is 469. The third-order valence-electron chi connectivity index (χ3n) is 5.01. The standard InChI is InChI=1S/C20H33N3O/c1-22(17-18-11-7-6-8-12-18)16-15-21-20(24)23(2)19-13-9-4-3-5-10-14-19/h6-8,11-12,19H,3-5,9-10,13-17H2,1-2H3,(H,21,24). The fourth-order valence-electron chi connectivity index (χ4n) is 3.44. The number of benzene rings is 1. The summed E-state index contributed by atoms with van der Waals surface area (Å²) in [5.74, 6) is 0. The summed E-state index contributed by atoms with van der Waals surface area (Å²) in [6.45, 7) is 2.47. The lowest BCUT2D eigenvalue weighted by atomic mass is 9.96. The van der Waals surface area contributed by atoms with Crippen molar-refractivity contribution in [3.63, 3.8) is 0 Å². The van der Waals surface area contributed by atoms with Crippen LogP contribution in [0.25, 0.3) is 0 Å². The van der Waals surface area contributed by atoms with E-state index < -0.39 is 0 Å². The van der Waals surface area contributed by atoms with Gasteiger partial charge in [-0.05, 0) is 25.5 Å². The van der Waals surface area contributed by atoms with E-state index in [4.69, 9.17) is 0 Å². The minimum Gasteiger partial charge on any atom is -0.337 e. The van der Waals surface area contributed by atoms with Gasteiger partial charge in [0.1, 0.15) is 0 Å². The molecule has 4 heteroatoms. The van der Waals surface area contributed by atoms with Crippen LogP contribution >= 0.6 is 0 Å². The van der Waals surface area contributed by atoms with Gasteiger partial charge in [-0.25, -0.2) is 4.79 Å². The van der Waals surface area contributed by atoms with Crippen LogP contribution in [0, 0.1) is 0 Å². The summed E-state index contributed by atoms with van der Waals surface area (Å²) in [6, 6.07) is 10.9. The first kappa shape index (κ1) is 18.8. The highest BCUT2D eigenvalue weighted by molar-refractivity contribution is 5.74. The molecule has 0 atom stereocenters. The van der Waals surface area contributed by atoms with Gasteiger partial charge in [-0.15, -0.1) is 0 Å². The van der Waals surface area contributed by atoms with E-state index in [1.165, 1.54) is 37.7 Å². The molecular weight excluding hydrogens is 298 g/mol. The summed E-state index contributed by atoms with van der Waals surface area (Å²) in [4.78, 5) is 16.6. The molecule has 1 aliphatic rings. The largest absolute Gasteiger partial charge is 0.337 e. The maximum absolute atomic E-state index is 12.4. The van der Waals surface area contributed by atoms with E-state index in [1.54, 1.807) is 0 Å². The van der Waals surface area contributed by atoms with Crippen LogP contribution in [-0.4, -0.2) is 49.1 Å². The highest BCUT2D eigenvalue weighted by atomic mass is 16.2. The second-order valence-electron chi connectivity index (χ2n) is 7.07. The molecule has 0 saturated heterocycles. The van der Waals surface area contributed by atoms with E-state index in [0.29, 0.717) is 12.6 Å². The Labute approximate surface area is 147 Å². The molecule has 1 aromatic rings. The Morgan fingerprint density at radius 3 is 2.33 bits per heavy atom. The highest BCUT2D eigenvalue weighted by Gasteiger charge is 2.20. The van der Waals surface area contributed by atoms with Gasteiger partial charge in [0.25, 0.3) is 0 Å². The molecule has 0 unspecified atom stereocenters. The van der Waals surface area contributed by atoms with Crippen molar-refractivity contribution in [2.75, 3.05) is 27.2 Å². The van der Waals surface area contributed by atoms with Crippen LogP contribution in [0.15, 0.2) is 30.3 Å². The fourth-order valence-corrected chi connectivity index (χ4v) is 3.44. The van der Waals surface area contributed by atoms with Gasteiger partial charge < -0.3 is 15.1 Å². The Morgan fingerprint density at radius 2 is 1.67 bits per heavy atom. The van der Waals surface area contributed by atoms with Gasteiger partial charge in [0.15, 0.2) is 0 Å². The van der Waals surface area contributed by atoms with Crippen molar-refractivity contribution in [3.05, 3.63) is 35.9 Å². The fraction of sp³-hybridized carbons (Fsp3) is 0.650. The number of rotatable bonds is 6. The molecule has 1 fully saturated rings. The molecule has 0 aromatic heterocycles. The van der Waals surface area contributed by atoms with Crippen LogP contribution in [-0.2, 0) is 6.54 Å². The Morgan fingerprint density at radius 1 is 1.04 bits per heavy atom. The number of carbonyl (C=O) groups excluding carboxylic acids is 1. The topological polar surface area (TPSA) is 35.6 Å². The third kappa shape index (κ3) is 6.52. The Hall–Kier alpha value is -1.55. The molecule has 0 bridgehead atoms. The van der Waals surface area contributed by atoms with E-state index in [-0.39, 0.29) is 6.03 Å². The molecular formula is C20H33N3O. The highest BCUT2D eigenvalue weighted by Crippen LogP contribution is 2.20. The predicted molar refractivity (Wildman–Crippen MR) is 100 cm³/mol. The molecule has 0 heterocycles. The first-order valence-electron chi connectivity index (χ1n) is 9.40. The maximum atomic E-state index is 12.4. The van der Waals surface area contributed by atoms with Crippen LogP contribution in [0.5, 0.6) is 0 Å². The minimum absolute atomic E-state index is 0.0775. The lowest BCUT2D eigenvalue weighted by Crippen LogP contribution is -2.45.